The van der Waals surface area contributed by atoms with Gasteiger partial charge in [-0.25, -0.2) is 9.78 Å². The molecule has 0 saturated heterocycles. The van der Waals surface area contributed by atoms with Gasteiger partial charge < -0.3 is 10.1 Å². The minimum Gasteiger partial charge on any atom is -0.444 e. The molecular weight excluding hydrogens is 374 g/mol. The van der Waals surface area contributed by atoms with Gasteiger partial charge in [0, 0.05) is 10.7 Å². The zero-order chi connectivity index (χ0) is 17.3. The predicted molar refractivity (Wildman–Crippen MR) is 91.9 cm³/mol. The van der Waals surface area contributed by atoms with E-state index in [0.29, 0.717) is 5.82 Å². The second-order valence-corrected chi connectivity index (χ2v) is 7.67. The van der Waals surface area contributed by atoms with E-state index >= 15 is 0 Å². The molecule has 2 aromatic rings. The minimum absolute atomic E-state index is 0.190. The first-order chi connectivity index (χ1) is 11.3. The highest BCUT2D eigenvalue weighted by molar-refractivity contribution is 9.10. The summed E-state index contributed by atoms with van der Waals surface area (Å²) in [7, 11) is 0. The van der Waals surface area contributed by atoms with Crippen molar-refractivity contribution in [1.29, 1.82) is 0 Å². The van der Waals surface area contributed by atoms with Crippen LogP contribution in [0.2, 0.25) is 0 Å². The molecule has 8 heteroatoms. The van der Waals surface area contributed by atoms with E-state index in [4.69, 9.17) is 4.74 Å². The second-order valence-electron chi connectivity index (χ2n) is 6.76. The van der Waals surface area contributed by atoms with Crippen molar-refractivity contribution >= 4 is 22.0 Å². The lowest BCUT2D eigenvalue weighted by Gasteiger charge is -2.25. The lowest BCUT2D eigenvalue weighted by molar-refractivity contribution is 0.0497. The van der Waals surface area contributed by atoms with Crippen LogP contribution in [0.25, 0.3) is 5.82 Å². The van der Waals surface area contributed by atoms with E-state index < -0.39 is 11.7 Å². The summed E-state index contributed by atoms with van der Waals surface area (Å²) in [5.74, 6) is 0.705. The number of aromatic nitrogens is 4. The maximum Gasteiger partial charge on any atom is 0.408 e. The Morgan fingerprint density at radius 3 is 2.96 bits per heavy atom. The number of alkyl carbamates (subject to hydrolysis) is 1. The van der Waals surface area contributed by atoms with Crippen molar-refractivity contribution in [2.24, 2.45) is 0 Å². The lowest BCUT2D eigenvalue weighted by atomic mass is 9.96. The van der Waals surface area contributed by atoms with Gasteiger partial charge in [0.05, 0.1) is 11.7 Å². The number of ether oxygens (including phenoxy) is 1. The molecular formula is C16H20BrN5O2. The molecule has 1 atom stereocenters. The van der Waals surface area contributed by atoms with Gasteiger partial charge in [-0.05, 0) is 52.2 Å². The highest BCUT2D eigenvalue weighted by Crippen LogP contribution is 2.29. The fraction of sp³-hybridized carbons (Fsp3) is 0.500. The number of carbonyl (C=O) groups excluding carboxylic acids is 1. The van der Waals surface area contributed by atoms with Crippen molar-refractivity contribution < 1.29 is 9.53 Å². The minimum atomic E-state index is -0.528. The Labute approximate surface area is 148 Å². The van der Waals surface area contributed by atoms with Crippen molar-refractivity contribution in [3.63, 3.8) is 0 Å². The van der Waals surface area contributed by atoms with Crippen LogP contribution in [0.5, 0.6) is 0 Å². The lowest BCUT2D eigenvalue weighted by Crippen LogP contribution is -2.36. The van der Waals surface area contributed by atoms with Crippen molar-refractivity contribution in [3.8, 4) is 5.82 Å². The number of nitrogens with zero attached hydrogens (tertiary/aromatic N) is 4. The van der Waals surface area contributed by atoms with Crippen LogP contribution >= 0.6 is 15.9 Å². The molecule has 0 aromatic carbocycles. The van der Waals surface area contributed by atoms with Crippen molar-refractivity contribution in [2.45, 2.75) is 51.7 Å². The first kappa shape index (κ1) is 16.9. The van der Waals surface area contributed by atoms with Gasteiger partial charge in [-0.3, -0.25) is 0 Å². The SMILES string of the molecule is CC(C)(C)OC(=O)NC1CCCc2c1nnn2-c1cc(Br)ccn1. The zero-order valence-corrected chi connectivity index (χ0v) is 15.5. The second kappa shape index (κ2) is 6.51. The number of hydrogen-bond acceptors (Lipinski definition) is 5. The summed E-state index contributed by atoms with van der Waals surface area (Å²) >= 11 is 3.44. The molecule has 0 bridgehead atoms. The Hall–Kier alpha value is -1.96. The van der Waals surface area contributed by atoms with Crippen molar-refractivity contribution in [1.82, 2.24) is 25.3 Å². The number of nitrogens with one attached hydrogen (secondary N) is 1. The van der Waals surface area contributed by atoms with Crippen LogP contribution in [0.3, 0.4) is 0 Å². The van der Waals surface area contributed by atoms with Gasteiger partial charge in [0.2, 0.25) is 0 Å². The van der Waals surface area contributed by atoms with Crippen LogP contribution in [0.1, 0.15) is 51.0 Å². The first-order valence-corrected chi connectivity index (χ1v) is 8.69. The molecule has 3 rings (SSSR count). The van der Waals surface area contributed by atoms with Gasteiger partial charge in [-0.1, -0.05) is 21.1 Å². The maximum absolute atomic E-state index is 12.1. The van der Waals surface area contributed by atoms with E-state index in [1.165, 1.54) is 0 Å². The predicted octanol–water partition coefficient (Wildman–Crippen LogP) is 3.33. The summed E-state index contributed by atoms with van der Waals surface area (Å²) in [5, 5.41) is 11.4. The van der Waals surface area contributed by atoms with Gasteiger partial charge >= 0.3 is 6.09 Å². The molecule has 24 heavy (non-hydrogen) atoms. The average Bonchev–Trinajstić information content (AvgIpc) is 2.90. The molecule has 1 aliphatic rings. The monoisotopic (exact) mass is 393 g/mol. The quantitative estimate of drug-likeness (QED) is 0.845. The number of amides is 1. The van der Waals surface area contributed by atoms with Crippen LogP contribution < -0.4 is 5.32 Å². The standard InChI is InChI=1S/C16H20BrN5O2/c1-16(2,3)24-15(23)19-11-5-4-6-12-14(11)20-21-22(12)13-9-10(17)7-8-18-13/h7-9,11H,4-6H2,1-3H3,(H,19,23). The van der Waals surface area contributed by atoms with Gasteiger partial charge in [0.1, 0.15) is 11.3 Å². The van der Waals surface area contributed by atoms with Gasteiger partial charge in [0.15, 0.2) is 5.82 Å². The van der Waals surface area contributed by atoms with E-state index in [-0.39, 0.29) is 6.04 Å². The smallest absolute Gasteiger partial charge is 0.408 e. The fourth-order valence-electron chi connectivity index (χ4n) is 2.71. The molecule has 1 N–H and O–H groups in total. The molecule has 2 aromatic heterocycles. The highest BCUT2D eigenvalue weighted by Gasteiger charge is 2.29. The largest absolute Gasteiger partial charge is 0.444 e. The molecule has 2 heterocycles. The maximum atomic E-state index is 12.1. The topological polar surface area (TPSA) is 81.9 Å². The highest BCUT2D eigenvalue weighted by atomic mass is 79.9. The third-order valence-electron chi connectivity index (χ3n) is 3.65. The van der Waals surface area contributed by atoms with Gasteiger partial charge in [0.25, 0.3) is 0 Å². The number of hydrogen-bond donors (Lipinski definition) is 1. The van der Waals surface area contributed by atoms with Crippen LogP contribution in [0, 0.1) is 0 Å². The Balaban J connectivity index is 1.83. The Morgan fingerprint density at radius 2 is 2.25 bits per heavy atom. The van der Waals surface area contributed by atoms with E-state index in [9.17, 15) is 4.79 Å². The molecule has 128 valence electrons. The van der Waals surface area contributed by atoms with E-state index in [2.05, 4.69) is 36.5 Å². The van der Waals surface area contributed by atoms with Crippen LogP contribution in [0.4, 0.5) is 4.79 Å². The summed E-state index contributed by atoms with van der Waals surface area (Å²) in [6.07, 6.45) is 3.89. The summed E-state index contributed by atoms with van der Waals surface area (Å²) in [6.45, 7) is 5.52. The number of halogens is 1. The molecule has 7 nitrogen and oxygen atoms in total. The molecule has 1 amide bonds. The summed E-state index contributed by atoms with van der Waals surface area (Å²) < 4.78 is 8.01. The fourth-order valence-corrected chi connectivity index (χ4v) is 3.04. The summed E-state index contributed by atoms with van der Waals surface area (Å²) in [4.78, 5) is 16.4. The van der Waals surface area contributed by atoms with Crippen LogP contribution in [-0.4, -0.2) is 31.7 Å². The van der Waals surface area contributed by atoms with Gasteiger partial charge in [-0.2, -0.15) is 4.68 Å². The molecule has 0 fully saturated rings. The molecule has 1 unspecified atom stereocenters. The molecule has 0 aliphatic heterocycles. The zero-order valence-electron chi connectivity index (χ0n) is 13.9. The number of rotatable bonds is 2. The molecule has 0 spiro atoms. The summed E-state index contributed by atoms with van der Waals surface area (Å²) in [6, 6.07) is 3.56. The number of carbonyl (C=O) groups is 1. The van der Waals surface area contributed by atoms with E-state index in [1.54, 1.807) is 10.9 Å². The normalized spacial score (nSPS) is 17.2. The number of fused-ring (bicyclic) bond motifs is 1. The van der Waals surface area contributed by atoms with Crippen LogP contribution in [0.15, 0.2) is 22.8 Å². The van der Waals surface area contributed by atoms with E-state index in [0.717, 1.165) is 35.1 Å². The van der Waals surface area contributed by atoms with E-state index in [1.807, 2.05) is 32.9 Å². The Kier molecular flexibility index (Phi) is 4.58. The third-order valence-corrected chi connectivity index (χ3v) is 4.14. The number of pyridine rings is 1. The van der Waals surface area contributed by atoms with Crippen LogP contribution in [-0.2, 0) is 11.2 Å². The average molecular weight is 394 g/mol. The van der Waals surface area contributed by atoms with Gasteiger partial charge in [-0.15, -0.1) is 5.10 Å². The molecule has 0 radical (unpaired) electrons. The summed E-state index contributed by atoms with van der Waals surface area (Å²) in [5.41, 5.74) is 1.24. The Morgan fingerprint density at radius 1 is 1.46 bits per heavy atom. The Bertz CT molecular complexity index is 753. The molecule has 1 aliphatic carbocycles. The first-order valence-electron chi connectivity index (χ1n) is 7.89. The molecule has 0 saturated carbocycles. The van der Waals surface area contributed by atoms with Crippen molar-refractivity contribution in [3.05, 3.63) is 34.2 Å². The van der Waals surface area contributed by atoms with Crippen molar-refractivity contribution in [2.75, 3.05) is 0 Å². The third kappa shape index (κ3) is 3.75.